The van der Waals surface area contributed by atoms with E-state index in [2.05, 4.69) is 5.32 Å². The number of carbonyl (C=O) groups is 2. The molecule has 0 aliphatic carbocycles. The van der Waals surface area contributed by atoms with Crippen LogP contribution in [-0.4, -0.2) is 22.8 Å². The van der Waals surface area contributed by atoms with E-state index >= 15 is 0 Å². The summed E-state index contributed by atoms with van der Waals surface area (Å²) in [6.07, 6.45) is -0.0363. The van der Waals surface area contributed by atoms with Crippen molar-refractivity contribution in [2.75, 3.05) is 5.32 Å². The van der Waals surface area contributed by atoms with Gasteiger partial charge in [0.25, 0.3) is 5.91 Å². The first-order valence-electron chi connectivity index (χ1n) is 7.24. The predicted octanol–water partition coefficient (Wildman–Crippen LogP) is 3.36. The number of benzene rings is 2. The number of likely N-dealkylation sites (tertiary alicyclic amines) is 1. The zero-order valence-corrected chi connectivity index (χ0v) is 13.2. The number of carbonyl (C=O) groups excluding carboxylic acids is 2. The second-order valence-corrected chi connectivity index (χ2v) is 5.91. The fourth-order valence-electron chi connectivity index (χ4n) is 2.52. The van der Waals surface area contributed by atoms with Gasteiger partial charge in [-0.1, -0.05) is 23.7 Å². The maximum atomic E-state index is 13.2. The van der Waals surface area contributed by atoms with E-state index in [9.17, 15) is 18.4 Å². The number of amides is 2. The molecule has 7 heteroatoms. The van der Waals surface area contributed by atoms with Crippen LogP contribution < -0.4 is 5.32 Å². The Bertz CT molecular complexity index is 796. The minimum atomic E-state index is -1.02. The van der Waals surface area contributed by atoms with Gasteiger partial charge in [0.1, 0.15) is 6.04 Å². The van der Waals surface area contributed by atoms with E-state index in [0.29, 0.717) is 5.02 Å². The lowest BCUT2D eigenvalue weighted by atomic mass is 10.2. The number of anilines is 1. The Kier molecular flexibility index (Phi) is 4.49. The molecule has 124 valence electrons. The lowest BCUT2D eigenvalue weighted by Gasteiger charge is -2.16. The van der Waals surface area contributed by atoms with Gasteiger partial charge in [-0.3, -0.25) is 14.5 Å². The summed E-state index contributed by atoms with van der Waals surface area (Å²) in [4.78, 5) is 25.6. The second-order valence-electron chi connectivity index (χ2n) is 5.47. The third-order valence-electron chi connectivity index (χ3n) is 3.76. The summed E-state index contributed by atoms with van der Waals surface area (Å²) in [5.41, 5.74) is 1.02. The van der Waals surface area contributed by atoms with Crippen molar-refractivity contribution in [3.8, 4) is 0 Å². The molecule has 4 nitrogen and oxygen atoms in total. The van der Waals surface area contributed by atoms with Crippen molar-refractivity contribution in [2.45, 2.75) is 19.0 Å². The third kappa shape index (κ3) is 3.38. The van der Waals surface area contributed by atoms with Crippen LogP contribution in [0.1, 0.15) is 12.0 Å². The monoisotopic (exact) mass is 350 g/mol. The summed E-state index contributed by atoms with van der Waals surface area (Å²) < 4.78 is 26.2. The number of hydrogen-bond donors (Lipinski definition) is 1. The second kappa shape index (κ2) is 6.57. The summed E-state index contributed by atoms with van der Waals surface area (Å²) >= 11 is 5.81. The highest BCUT2D eigenvalue weighted by Crippen LogP contribution is 2.22. The van der Waals surface area contributed by atoms with Crippen molar-refractivity contribution >= 4 is 29.1 Å². The Labute approximate surface area is 142 Å². The highest BCUT2D eigenvalue weighted by atomic mass is 35.5. The van der Waals surface area contributed by atoms with Crippen LogP contribution in [0.5, 0.6) is 0 Å². The van der Waals surface area contributed by atoms with E-state index in [1.165, 1.54) is 6.07 Å². The maximum absolute atomic E-state index is 13.2. The van der Waals surface area contributed by atoms with E-state index in [0.717, 1.165) is 22.6 Å². The molecule has 1 N–H and O–H groups in total. The van der Waals surface area contributed by atoms with Crippen LogP contribution in [-0.2, 0) is 16.1 Å². The summed E-state index contributed by atoms with van der Waals surface area (Å²) in [5, 5.41) is 3.34. The van der Waals surface area contributed by atoms with Gasteiger partial charge in [0.2, 0.25) is 5.91 Å². The summed E-state index contributed by atoms with van der Waals surface area (Å²) in [6, 6.07) is 9.27. The Balaban J connectivity index is 1.71. The Hall–Kier alpha value is -2.47. The predicted molar refractivity (Wildman–Crippen MR) is 85.4 cm³/mol. The molecule has 3 rings (SSSR count). The van der Waals surface area contributed by atoms with Gasteiger partial charge >= 0.3 is 0 Å². The van der Waals surface area contributed by atoms with E-state index < -0.39 is 23.6 Å². The summed E-state index contributed by atoms with van der Waals surface area (Å²) in [5.74, 6) is -2.72. The van der Waals surface area contributed by atoms with Gasteiger partial charge in [-0.05, 0) is 29.8 Å². The van der Waals surface area contributed by atoms with Crippen molar-refractivity contribution < 1.29 is 18.4 Å². The summed E-state index contributed by atoms with van der Waals surface area (Å²) in [6.45, 7) is 0.144. The molecule has 0 unspecified atom stereocenters. The normalized spacial score (nSPS) is 17.5. The molecule has 2 aromatic carbocycles. The van der Waals surface area contributed by atoms with Crippen molar-refractivity contribution in [1.82, 2.24) is 4.90 Å². The minimum Gasteiger partial charge on any atom is -0.373 e. The van der Waals surface area contributed by atoms with Crippen molar-refractivity contribution in [1.29, 1.82) is 0 Å². The van der Waals surface area contributed by atoms with Gasteiger partial charge in [-0.15, -0.1) is 0 Å². The number of imide groups is 1. The Morgan fingerprint density at radius 2 is 1.79 bits per heavy atom. The van der Waals surface area contributed by atoms with E-state index in [1.807, 2.05) is 0 Å². The van der Waals surface area contributed by atoms with Crippen molar-refractivity contribution in [2.24, 2.45) is 0 Å². The van der Waals surface area contributed by atoms with Crippen LogP contribution in [0.25, 0.3) is 0 Å². The average molecular weight is 351 g/mol. The molecular formula is C17H13ClF2N2O2. The smallest absolute Gasteiger partial charge is 0.252 e. The fraction of sp³-hybridized carbons (Fsp3) is 0.176. The largest absolute Gasteiger partial charge is 0.373 e. The summed E-state index contributed by atoms with van der Waals surface area (Å²) in [7, 11) is 0. The first-order chi connectivity index (χ1) is 11.4. The zero-order valence-electron chi connectivity index (χ0n) is 12.4. The van der Waals surface area contributed by atoms with Crippen LogP contribution in [0, 0.1) is 11.6 Å². The number of halogens is 3. The molecule has 0 aromatic heterocycles. The minimum absolute atomic E-state index is 0.0363. The SMILES string of the molecule is O=C1C[C@@H](Nc2ccc(F)c(F)c2)C(=O)N1Cc1ccc(Cl)cc1. The van der Waals surface area contributed by atoms with Crippen LogP contribution in [0.15, 0.2) is 42.5 Å². The topological polar surface area (TPSA) is 49.4 Å². The molecule has 24 heavy (non-hydrogen) atoms. The zero-order chi connectivity index (χ0) is 17.3. The van der Waals surface area contributed by atoms with Crippen LogP contribution in [0.2, 0.25) is 5.02 Å². The van der Waals surface area contributed by atoms with E-state index in [-0.39, 0.29) is 24.6 Å². The van der Waals surface area contributed by atoms with Crippen LogP contribution in [0.4, 0.5) is 14.5 Å². The van der Waals surface area contributed by atoms with Gasteiger partial charge in [0, 0.05) is 16.8 Å². The van der Waals surface area contributed by atoms with Gasteiger partial charge in [0.15, 0.2) is 11.6 Å². The average Bonchev–Trinajstić information content (AvgIpc) is 2.80. The maximum Gasteiger partial charge on any atom is 0.252 e. The van der Waals surface area contributed by atoms with Crippen molar-refractivity contribution in [3.63, 3.8) is 0 Å². The molecule has 0 bridgehead atoms. The molecule has 1 aliphatic heterocycles. The molecule has 0 saturated carbocycles. The van der Waals surface area contributed by atoms with Gasteiger partial charge < -0.3 is 5.32 Å². The van der Waals surface area contributed by atoms with Crippen LogP contribution >= 0.6 is 11.6 Å². The molecule has 1 heterocycles. The Morgan fingerprint density at radius 1 is 1.08 bits per heavy atom. The standard InChI is InChI=1S/C17H13ClF2N2O2/c18-11-3-1-10(2-4-11)9-22-16(23)8-15(17(22)24)21-12-5-6-13(19)14(20)7-12/h1-7,15,21H,8-9H2/t15-/m1/s1. The quantitative estimate of drug-likeness (QED) is 0.860. The molecule has 0 spiro atoms. The molecule has 0 radical (unpaired) electrons. The number of nitrogens with one attached hydrogen (secondary N) is 1. The molecule has 1 atom stereocenters. The molecule has 2 amide bonds. The van der Waals surface area contributed by atoms with E-state index in [4.69, 9.17) is 11.6 Å². The number of rotatable bonds is 4. The van der Waals surface area contributed by atoms with E-state index in [1.54, 1.807) is 24.3 Å². The number of hydrogen-bond acceptors (Lipinski definition) is 3. The van der Waals surface area contributed by atoms with Gasteiger partial charge in [-0.25, -0.2) is 8.78 Å². The van der Waals surface area contributed by atoms with Gasteiger partial charge in [0.05, 0.1) is 13.0 Å². The third-order valence-corrected chi connectivity index (χ3v) is 4.01. The van der Waals surface area contributed by atoms with Gasteiger partial charge in [-0.2, -0.15) is 0 Å². The van der Waals surface area contributed by atoms with Crippen LogP contribution in [0.3, 0.4) is 0 Å². The first-order valence-corrected chi connectivity index (χ1v) is 7.62. The molecule has 1 saturated heterocycles. The molecule has 1 aliphatic rings. The highest BCUT2D eigenvalue weighted by molar-refractivity contribution is 6.30. The number of nitrogens with zero attached hydrogens (tertiary/aromatic N) is 1. The lowest BCUT2D eigenvalue weighted by molar-refractivity contribution is -0.139. The molecule has 1 fully saturated rings. The molecular weight excluding hydrogens is 338 g/mol. The Morgan fingerprint density at radius 3 is 2.46 bits per heavy atom. The first kappa shape index (κ1) is 16.4. The highest BCUT2D eigenvalue weighted by Gasteiger charge is 2.38. The lowest BCUT2D eigenvalue weighted by Crippen LogP contribution is -2.34. The molecule has 2 aromatic rings. The van der Waals surface area contributed by atoms with Crippen molar-refractivity contribution in [3.05, 3.63) is 64.7 Å². The fourth-order valence-corrected chi connectivity index (χ4v) is 2.65.